The number of nitrogens with one attached hydrogen (secondary N) is 2. The number of hydrogen-bond donors (Lipinski definition) is 2. The topological polar surface area (TPSA) is 88.9 Å². The predicted molar refractivity (Wildman–Crippen MR) is 83.7 cm³/mol. The lowest BCUT2D eigenvalue weighted by Crippen LogP contribution is -2.26. The van der Waals surface area contributed by atoms with Gasteiger partial charge in [0.05, 0.1) is 17.8 Å². The molecule has 4 rings (SSSR count). The van der Waals surface area contributed by atoms with Crippen LogP contribution in [0.3, 0.4) is 0 Å². The van der Waals surface area contributed by atoms with Gasteiger partial charge >= 0.3 is 0 Å². The summed E-state index contributed by atoms with van der Waals surface area (Å²) >= 11 is 0. The van der Waals surface area contributed by atoms with Crippen molar-refractivity contribution in [3.63, 3.8) is 0 Å². The fourth-order valence-electron chi connectivity index (χ4n) is 2.95. The zero-order chi connectivity index (χ0) is 15.6. The van der Waals surface area contributed by atoms with Crippen molar-refractivity contribution >= 4 is 10.9 Å². The van der Waals surface area contributed by atoms with E-state index in [0.717, 1.165) is 36.8 Å². The molecule has 2 atom stereocenters. The third-order valence-electron chi connectivity index (χ3n) is 4.13. The molecule has 1 saturated heterocycles. The van der Waals surface area contributed by atoms with Crippen molar-refractivity contribution in [1.29, 1.82) is 0 Å². The summed E-state index contributed by atoms with van der Waals surface area (Å²) in [4.78, 5) is 4.25. The largest absolute Gasteiger partial charge is 0.364 e. The summed E-state index contributed by atoms with van der Waals surface area (Å²) in [7, 11) is 0. The maximum Gasteiger partial charge on any atom is 0.255 e. The first-order valence-electron chi connectivity index (χ1n) is 7.86. The van der Waals surface area contributed by atoms with E-state index in [1.54, 1.807) is 0 Å². The normalized spacial score (nSPS) is 21.3. The molecular weight excluding hydrogens is 294 g/mol. The predicted octanol–water partition coefficient (Wildman–Crippen LogP) is 2.26. The van der Waals surface area contributed by atoms with Gasteiger partial charge in [-0.25, -0.2) is 0 Å². The summed E-state index contributed by atoms with van der Waals surface area (Å²) in [6.45, 7) is 3.43. The highest BCUT2D eigenvalue weighted by Gasteiger charge is 2.30. The first-order chi connectivity index (χ1) is 11.3. The second kappa shape index (κ2) is 6.10. The highest BCUT2D eigenvalue weighted by atomic mass is 16.5. The van der Waals surface area contributed by atoms with Gasteiger partial charge in [-0.2, -0.15) is 10.1 Å². The lowest BCUT2D eigenvalue weighted by atomic mass is 10.1. The van der Waals surface area contributed by atoms with Gasteiger partial charge in [-0.05, 0) is 31.4 Å². The monoisotopic (exact) mass is 313 g/mol. The zero-order valence-corrected chi connectivity index (χ0v) is 13.0. The third-order valence-corrected chi connectivity index (χ3v) is 4.13. The van der Waals surface area contributed by atoms with Gasteiger partial charge < -0.3 is 14.6 Å². The highest BCUT2D eigenvalue weighted by Crippen LogP contribution is 2.31. The van der Waals surface area contributed by atoms with Gasteiger partial charge in [-0.15, -0.1) is 0 Å². The molecule has 7 nitrogen and oxygen atoms in total. The van der Waals surface area contributed by atoms with Gasteiger partial charge in [0.25, 0.3) is 5.89 Å². The van der Waals surface area contributed by atoms with Crippen molar-refractivity contribution in [1.82, 2.24) is 25.7 Å². The van der Waals surface area contributed by atoms with E-state index in [1.165, 1.54) is 5.56 Å². The first kappa shape index (κ1) is 14.3. The molecule has 0 saturated carbocycles. The molecule has 2 aromatic heterocycles. The Labute approximate surface area is 133 Å². The van der Waals surface area contributed by atoms with Crippen LogP contribution in [0, 0.1) is 6.92 Å². The average molecular weight is 313 g/mol. The summed E-state index contributed by atoms with van der Waals surface area (Å²) < 4.78 is 11.2. The molecule has 2 N–H and O–H groups in total. The first-order valence-corrected chi connectivity index (χ1v) is 7.86. The molecule has 3 heterocycles. The van der Waals surface area contributed by atoms with Crippen LogP contribution >= 0.6 is 0 Å². The average Bonchev–Trinajstić information content (AvgIpc) is 3.26. The van der Waals surface area contributed by atoms with Gasteiger partial charge in [-0.1, -0.05) is 17.3 Å². The van der Waals surface area contributed by atoms with Gasteiger partial charge in [-0.3, -0.25) is 5.10 Å². The third kappa shape index (κ3) is 3.11. The molecule has 1 aliphatic heterocycles. The number of ether oxygens (including phenoxy) is 1. The van der Waals surface area contributed by atoms with Crippen LogP contribution in [-0.2, 0) is 11.3 Å². The van der Waals surface area contributed by atoms with E-state index in [0.29, 0.717) is 11.7 Å². The molecule has 0 spiro atoms. The lowest BCUT2D eigenvalue weighted by molar-refractivity contribution is 0.0264. The fraction of sp³-hybridized carbons (Fsp3) is 0.438. The molecule has 3 aromatic rings. The molecule has 1 fully saturated rings. The maximum absolute atomic E-state index is 5.98. The van der Waals surface area contributed by atoms with E-state index in [1.807, 2.05) is 13.1 Å². The molecule has 0 radical (unpaired) electrons. The number of benzene rings is 1. The zero-order valence-electron chi connectivity index (χ0n) is 13.0. The van der Waals surface area contributed by atoms with Gasteiger partial charge in [0.1, 0.15) is 6.10 Å². The van der Waals surface area contributed by atoms with Crippen LogP contribution in [0.2, 0.25) is 0 Å². The number of hydrogen-bond acceptors (Lipinski definition) is 6. The standard InChI is InChI=1S/C16H19N5O2/c1-10-19-16(23-21-10)15-5-4-13(22-15)9-17-7-11-2-3-12-8-18-20-14(12)6-11/h2-3,6,8,13,15,17H,4-5,7,9H2,1H3,(H,18,20)/t13-,15+/m1/s1. The summed E-state index contributed by atoms with van der Waals surface area (Å²) in [5.41, 5.74) is 2.29. The van der Waals surface area contributed by atoms with E-state index in [-0.39, 0.29) is 12.2 Å². The minimum absolute atomic E-state index is 0.0654. The van der Waals surface area contributed by atoms with Crippen LogP contribution in [0.15, 0.2) is 28.9 Å². The van der Waals surface area contributed by atoms with Gasteiger partial charge in [0, 0.05) is 18.5 Å². The number of aryl methyl sites for hydroxylation is 1. The van der Waals surface area contributed by atoms with Crippen molar-refractivity contribution < 1.29 is 9.26 Å². The van der Waals surface area contributed by atoms with Crippen molar-refractivity contribution in [3.05, 3.63) is 41.7 Å². The Balaban J connectivity index is 1.28. The van der Waals surface area contributed by atoms with Crippen molar-refractivity contribution in [2.24, 2.45) is 0 Å². The van der Waals surface area contributed by atoms with Crippen molar-refractivity contribution in [2.45, 2.75) is 38.5 Å². The quantitative estimate of drug-likeness (QED) is 0.751. The minimum atomic E-state index is -0.0654. The SMILES string of the molecule is Cc1noc([C@@H]2CC[C@H](CNCc3ccc4cn[nH]c4c3)O2)n1. The molecule has 23 heavy (non-hydrogen) atoms. The molecule has 0 amide bonds. The van der Waals surface area contributed by atoms with Gasteiger partial charge in [0.15, 0.2) is 5.82 Å². The second-order valence-corrected chi connectivity index (χ2v) is 5.93. The molecule has 120 valence electrons. The summed E-state index contributed by atoms with van der Waals surface area (Å²) in [5.74, 6) is 1.24. The summed E-state index contributed by atoms with van der Waals surface area (Å²) in [6.07, 6.45) is 3.87. The minimum Gasteiger partial charge on any atom is -0.364 e. The number of H-pyrrole nitrogens is 1. The van der Waals surface area contributed by atoms with Crippen LogP contribution in [0.25, 0.3) is 10.9 Å². The van der Waals surface area contributed by atoms with Gasteiger partial charge in [0.2, 0.25) is 0 Å². The van der Waals surface area contributed by atoms with Crippen LogP contribution in [0.1, 0.15) is 36.2 Å². The van der Waals surface area contributed by atoms with Crippen LogP contribution < -0.4 is 5.32 Å². The van der Waals surface area contributed by atoms with Crippen LogP contribution in [0.4, 0.5) is 0 Å². The molecule has 0 unspecified atom stereocenters. The number of aromatic amines is 1. The van der Waals surface area contributed by atoms with E-state index in [4.69, 9.17) is 9.26 Å². The molecule has 1 aromatic carbocycles. The Hall–Kier alpha value is -2.25. The number of rotatable bonds is 5. The molecule has 1 aliphatic rings. The Morgan fingerprint density at radius 2 is 2.30 bits per heavy atom. The highest BCUT2D eigenvalue weighted by molar-refractivity contribution is 5.78. The van der Waals surface area contributed by atoms with E-state index >= 15 is 0 Å². The summed E-state index contributed by atoms with van der Waals surface area (Å²) in [6, 6.07) is 6.31. The lowest BCUT2D eigenvalue weighted by Gasteiger charge is -2.12. The number of fused-ring (bicyclic) bond motifs is 1. The Bertz CT molecular complexity index is 796. The van der Waals surface area contributed by atoms with E-state index in [9.17, 15) is 0 Å². The van der Waals surface area contributed by atoms with Crippen molar-refractivity contribution in [3.8, 4) is 0 Å². The van der Waals surface area contributed by atoms with E-state index in [2.05, 4.69) is 43.9 Å². The van der Waals surface area contributed by atoms with Crippen LogP contribution in [0.5, 0.6) is 0 Å². The Morgan fingerprint density at radius 1 is 1.35 bits per heavy atom. The molecule has 0 aliphatic carbocycles. The van der Waals surface area contributed by atoms with Crippen LogP contribution in [-0.4, -0.2) is 33.0 Å². The Kier molecular flexibility index (Phi) is 3.80. The number of nitrogens with zero attached hydrogens (tertiary/aromatic N) is 3. The van der Waals surface area contributed by atoms with E-state index < -0.39 is 0 Å². The maximum atomic E-state index is 5.98. The van der Waals surface area contributed by atoms with Crippen molar-refractivity contribution in [2.75, 3.05) is 6.54 Å². The second-order valence-electron chi connectivity index (χ2n) is 5.93. The molecule has 0 bridgehead atoms. The molecular formula is C16H19N5O2. The summed E-state index contributed by atoms with van der Waals surface area (Å²) in [5, 5.41) is 15.4. The Morgan fingerprint density at radius 3 is 3.17 bits per heavy atom. The molecule has 7 heteroatoms. The fourth-order valence-corrected chi connectivity index (χ4v) is 2.95. The number of aromatic nitrogens is 4. The smallest absolute Gasteiger partial charge is 0.255 e.